The van der Waals surface area contributed by atoms with Gasteiger partial charge in [-0.3, -0.25) is 9.69 Å². The summed E-state index contributed by atoms with van der Waals surface area (Å²) in [6, 6.07) is 0.151. The number of hydrogen-bond acceptors (Lipinski definition) is 6. The van der Waals surface area contributed by atoms with Crippen molar-refractivity contribution in [2.45, 2.75) is 25.8 Å². The minimum atomic E-state index is 0.124. The van der Waals surface area contributed by atoms with Gasteiger partial charge in [-0.15, -0.1) is 0 Å². The Hall–Kier alpha value is -1.27. The summed E-state index contributed by atoms with van der Waals surface area (Å²) in [5.41, 5.74) is 0. The third-order valence-electron chi connectivity index (χ3n) is 3.38. The second-order valence-electron chi connectivity index (χ2n) is 4.87. The summed E-state index contributed by atoms with van der Waals surface area (Å²) < 4.78 is 5.15. The van der Waals surface area contributed by atoms with Crippen LogP contribution in [0.25, 0.3) is 0 Å². The van der Waals surface area contributed by atoms with Crippen LogP contribution < -0.4 is 0 Å². The average Bonchev–Trinajstić information content (AvgIpc) is 2.80. The zero-order valence-electron chi connectivity index (χ0n) is 11.2. The summed E-state index contributed by atoms with van der Waals surface area (Å²) >= 11 is 0. The molecule has 100 valence electrons. The normalized spacial score (nSPS) is 22.3. The van der Waals surface area contributed by atoms with E-state index in [9.17, 15) is 4.79 Å². The second-order valence-corrected chi connectivity index (χ2v) is 4.87. The van der Waals surface area contributed by atoms with E-state index in [-0.39, 0.29) is 18.2 Å². The lowest BCUT2D eigenvalue weighted by atomic mass is 10.2. The van der Waals surface area contributed by atoms with E-state index >= 15 is 0 Å². The molecule has 1 aliphatic heterocycles. The van der Waals surface area contributed by atoms with E-state index in [1.807, 2.05) is 6.92 Å². The number of aromatic nitrogens is 2. The quantitative estimate of drug-likeness (QED) is 0.778. The Morgan fingerprint density at radius 1 is 1.44 bits per heavy atom. The molecule has 1 fully saturated rings. The molecule has 0 aromatic carbocycles. The van der Waals surface area contributed by atoms with Gasteiger partial charge in [0.05, 0.1) is 12.5 Å². The third kappa shape index (κ3) is 2.94. The summed E-state index contributed by atoms with van der Waals surface area (Å²) in [6.45, 7) is 4.76. The molecule has 0 bridgehead atoms. The van der Waals surface area contributed by atoms with Crippen LogP contribution in [0.3, 0.4) is 0 Å². The fraction of sp³-hybridized carbons (Fsp3) is 0.750. The molecule has 0 radical (unpaired) electrons. The molecule has 1 unspecified atom stereocenters. The van der Waals surface area contributed by atoms with Crippen LogP contribution in [0.5, 0.6) is 0 Å². The number of hydrogen-bond donors (Lipinski definition) is 0. The fourth-order valence-electron chi connectivity index (χ4n) is 2.06. The molecule has 0 saturated carbocycles. The predicted molar refractivity (Wildman–Crippen MR) is 66.2 cm³/mol. The van der Waals surface area contributed by atoms with Gasteiger partial charge in [-0.05, 0) is 14.1 Å². The first kappa shape index (κ1) is 13.2. The van der Waals surface area contributed by atoms with Crippen LogP contribution in [0.15, 0.2) is 4.52 Å². The minimum Gasteiger partial charge on any atom is -0.339 e. The van der Waals surface area contributed by atoms with Crippen LogP contribution in [0.4, 0.5) is 0 Å². The Labute approximate surface area is 107 Å². The van der Waals surface area contributed by atoms with Crippen molar-refractivity contribution in [3.63, 3.8) is 0 Å². The van der Waals surface area contributed by atoms with Crippen molar-refractivity contribution in [2.24, 2.45) is 0 Å². The van der Waals surface area contributed by atoms with E-state index in [1.54, 1.807) is 0 Å². The molecule has 0 aliphatic carbocycles. The molecule has 0 amide bonds. The number of carbonyl (C=O) groups is 1. The molecular weight excluding hydrogens is 232 g/mol. The monoisotopic (exact) mass is 252 g/mol. The summed E-state index contributed by atoms with van der Waals surface area (Å²) in [6.07, 6.45) is 0.750. The van der Waals surface area contributed by atoms with Crippen molar-refractivity contribution in [3.05, 3.63) is 11.7 Å². The number of rotatable bonds is 4. The second kappa shape index (κ2) is 5.58. The van der Waals surface area contributed by atoms with Gasteiger partial charge in [-0.2, -0.15) is 4.98 Å². The van der Waals surface area contributed by atoms with Crippen molar-refractivity contribution >= 4 is 5.78 Å². The lowest BCUT2D eigenvalue weighted by molar-refractivity contribution is -0.118. The van der Waals surface area contributed by atoms with Gasteiger partial charge in [-0.1, -0.05) is 12.1 Å². The smallest absolute Gasteiger partial charge is 0.234 e. The van der Waals surface area contributed by atoms with Gasteiger partial charge in [0.1, 0.15) is 5.78 Å². The molecule has 6 heteroatoms. The van der Waals surface area contributed by atoms with Crippen LogP contribution in [0, 0.1) is 0 Å². The maximum Gasteiger partial charge on any atom is 0.234 e. The first-order chi connectivity index (χ1) is 8.60. The Morgan fingerprint density at radius 3 is 2.94 bits per heavy atom. The van der Waals surface area contributed by atoms with Crippen molar-refractivity contribution in [1.29, 1.82) is 0 Å². The molecule has 1 saturated heterocycles. The Bertz CT molecular complexity index is 418. The highest BCUT2D eigenvalue weighted by molar-refractivity contribution is 5.79. The average molecular weight is 252 g/mol. The van der Waals surface area contributed by atoms with Crippen molar-refractivity contribution in [3.8, 4) is 0 Å². The minimum absolute atomic E-state index is 0.124. The molecule has 2 rings (SSSR count). The van der Waals surface area contributed by atoms with E-state index < -0.39 is 0 Å². The molecule has 18 heavy (non-hydrogen) atoms. The number of ketones is 1. The Morgan fingerprint density at radius 2 is 2.22 bits per heavy atom. The molecule has 1 aromatic rings. The highest BCUT2D eigenvalue weighted by Gasteiger charge is 2.28. The van der Waals surface area contributed by atoms with Crippen molar-refractivity contribution in [1.82, 2.24) is 19.9 Å². The van der Waals surface area contributed by atoms with Gasteiger partial charge in [0, 0.05) is 26.1 Å². The Balaban J connectivity index is 2.06. The van der Waals surface area contributed by atoms with Crippen LogP contribution in [-0.2, 0) is 11.2 Å². The molecule has 1 aliphatic rings. The number of nitrogens with zero attached hydrogens (tertiary/aromatic N) is 4. The largest absolute Gasteiger partial charge is 0.339 e. The Kier molecular flexibility index (Phi) is 4.08. The number of likely N-dealkylation sites (N-methyl/N-ethyl adjacent to an activating group) is 2. The first-order valence-corrected chi connectivity index (χ1v) is 6.33. The topological polar surface area (TPSA) is 62.5 Å². The molecule has 1 aromatic heterocycles. The summed E-state index contributed by atoms with van der Waals surface area (Å²) in [4.78, 5) is 20.1. The number of carbonyl (C=O) groups excluding carboxylic acids is 1. The summed E-state index contributed by atoms with van der Waals surface area (Å²) in [5.74, 6) is 1.24. The van der Waals surface area contributed by atoms with Crippen LogP contribution in [0.2, 0.25) is 0 Å². The summed E-state index contributed by atoms with van der Waals surface area (Å²) in [7, 11) is 4.15. The van der Waals surface area contributed by atoms with E-state index in [4.69, 9.17) is 4.52 Å². The molecular formula is C12H20N4O2. The molecule has 0 spiro atoms. The maximum atomic E-state index is 11.3. The van der Waals surface area contributed by atoms with Crippen molar-refractivity contribution < 1.29 is 9.32 Å². The van der Waals surface area contributed by atoms with E-state index in [1.165, 1.54) is 0 Å². The lowest BCUT2D eigenvalue weighted by Gasteiger charge is -2.35. The lowest BCUT2D eigenvalue weighted by Crippen LogP contribution is -2.45. The predicted octanol–water partition coefficient (Wildman–Crippen LogP) is 0.510. The maximum absolute atomic E-state index is 11.3. The standard InChI is InChI=1S/C12H20N4O2/c1-4-9(17)7-11-13-12(14-18-11)10-8-15(2)5-6-16(10)3/h10H,4-8H2,1-3H3. The zero-order chi connectivity index (χ0) is 13.1. The van der Waals surface area contributed by atoms with Crippen LogP contribution in [-0.4, -0.2) is 59.5 Å². The van der Waals surface area contributed by atoms with E-state index in [0.29, 0.717) is 18.1 Å². The van der Waals surface area contributed by atoms with Crippen LogP contribution in [0.1, 0.15) is 31.1 Å². The SMILES string of the molecule is CCC(=O)Cc1nc(C2CN(C)CCN2C)no1. The third-order valence-corrected chi connectivity index (χ3v) is 3.38. The first-order valence-electron chi connectivity index (χ1n) is 6.33. The molecule has 1 atom stereocenters. The van der Waals surface area contributed by atoms with Crippen LogP contribution >= 0.6 is 0 Å². The van der Waals surface area contributed by atoms with Gasteiger partial charge >= 0.3 is 0 Å². The van der Waals surface area contributed by atoms with E-state index in [0.717, 1.165) is 19.6 Å². The fourth-order valence-corrected chi connectivity index (χ4v) is 2.06. The molecule has 6 nitrogen and oxygen atoms in total. The van der Waals surface area contributed by atoms with Gasteiger partial charge in [0.25, 0.3) is 0 Å². The number of Topliss-reactive ketones (excluding diaryl/α,β-unsaturated/α-hetero) is 1. The van der Waals surface area contributed by atoms with Crippen molar-refractivity contribution in [2.75, 3.05) is 33.7 Å². The number of piperazine rings is 1. The van der Waals surface area contributed by atoms with E-state index in [2.05, 4.69) is 34.0 Å². The highest BCUT2D eigenvalue weighted by atomic mass is 16.5. The van der Waals surface area contributed by atoms with Gasteiger partial charge in [0.15, 0.2) is 5.82 Å². The van der Waals surface area contributed by atoms with Gasteiger partial charge in [0.2, 0.25) is 5.89 Å². The van der Waals surface area contributed by atoms with Gasteiger partial charge in [-0.25, -0.2) is 0 Å². The summed E-state index contributed by atoms with van der Waals surface area (Å²) in [5, 5.41) is 4.01. The zero-order valence-corrected chi connectivity index (χ0v) is 11.2. The van der Waals surface area contributed by atoms with Gasteiger partial charge < -0.3 is 9.42 Å². The molecule has 2 heterocycles. The highest BCUT2D eigenvalue weighted by Crippen LogP contribution is 2.20. The molecule has 0 N–H and O–H groups in total.